The SMILES string of the molecule is CC(C)N1CCN(C(=O)c2nc(-c3ccn(Cc4ccccn4)c3)n3ccccc23)CC1. The van der Waals surface area contributed by atoms with Gasteiger partial charge in [-0.3, -0.25) is 19.1 Å². The summed E-state index contributed by atoms with van der Waals surface area (Å²) in [6.45, 7) is 8.36. The number of hydrogen-bond donors (Lipinski definition) is 0. The van der Waals surface area contributed by atoms with Crippen LogP contribution >= 0.6 is 0 Å². The van der Waals surface area contributed by atoms with E-state index in [1.54, 1.807) is 6.20 Å². The fraction of sp³-hybridized carbons (Fsp3) is 0.320. The van der Waals surface area contributed by atoms with E-state index in [1.807, 2.05) is 64.2 Å². The Hall–Kier alpha value is -3.45. The van der Waals surface area contributed by atoms with Gasteiger partial charge in [-0.1, -0.05) is 12.1 Å². The number of carbonyl (C=O) groups excluding carboxylic acids is 1. The monoisotopic (exact) mass is 428 g/mol. The lowest BCUT2D eigenvalue weighted by Crippen LogP contribution is -2.50. The summed E-state index contributed by atoms with van der Waals surface area (Å²) in [5.74, 6) is 0.792. The maximum absolute atomic E-state index is 13.4. The van der Waals surface area contributed by atoms with Crippen LogP contribution in [-0.2, 0) is 6.54 Å². The van der Waals surface area contributed by atoms with E-state index >= 15 is 0 Å². The van der Waals surface area contributed by atoms with E-state index < -0.39 is 0 Å². The number of aromatic nitrogens is 4. The summed E-state index contributed by atoms with van der Waals surface area (Å²) in [7, 11) is 0. The Kier molecular flexibility index (Phi) is 5.49. The molecule has 0 atom stereocenters. The van der Waals surface area contributed by atoms with Crippen LogP contribution in [0, 0.1) is 0 Å². The molecule has 7 nitrogen and oxygen atoms in total. The Labute approximate surface area is 187 Å². The molecule has 0 radical (unpaired) electrons. The average molecular weight is 429 g/mol. The Morgan fingerprint density at radius 2 is 1.81 bits per heavy atom. The molecule has 4 aromatic heterocycles. The first kappa shape index (κ1) is 20.5. The molecule has 1 aliphatic heterocycles. The summed E-state index contributed by atoms with van der Waals surface area (Å²) in [6.07, 6.45) is 7.87. The summed E-state index contributed by atoms with van der Waals surface area (Å²) in [5, 5.41) is 0. The van der Waals surface area contributed by atoms with Crippen LogP contribution in [-0.4, -0.2) is 66.9 Å². The predicted octanol–water partition coefficient (Wildman–Crippen LogP) is 3.41. The minimum atomic E-state index is 0.0104. The van der Waals surface area contributed by atoms with Crippen LogP contribution in [0.5, 0.6) is 0 Å². The van der Waals surface area contributed by atoms with Crippen LogP contribution in [0.3, 0.4) is 0 Å². The highest BCUT2D eigenvalue weighted by Gasteiger charge is 2.27. The van der Waals surface area contributed by atoms with Crippen molar-refractivity contribution in [2.75, 3.05) is 26.2 Å². The van der Waals surface area contributed by atoms with Crippen molar-refractivity contribution in [3.05, 3.63) is 78.6 Å². The number of pyridine rings is 2. The molecule has 0 bridgehead atoms. The topological polar surface area (TPSA) is 58.7 Å². The molecule has 1 fully saturated rings. The van der Waals surface area contributed by atoms with Crippen molar-refractivity contribution in [3.8, 4) is 11.4 Å². The number of amides is 1. The number of nitrogens with zero attached hydrogens (tertiary/aromatic N) is 6. The molecule has 1 aliphatic rings. The molecule has 164 valence electrons. The van der Waals surface area contributed by atoms with Gasteiger partial charge in [0.05, 0.1) is 17.8 Å². The highest BCUT2D eigenvalue weighted by molar-refractivity contribution is 6.00. The van der Waals surface area contributed by atoms with Crippen molar-refractivity contribution < 1.29 is 4.79 Å². The van der Waals surface area contributed by atoms with Crippen molar-refractivity contribution >= 4 is 11.4 Å². The van der Waals surface area contributed by atoms with Crippen molar-refractivity contribution in [1.29, 1.82) is 0 Å². The van der Waals surface area contributed by atoms with Gasteiger partial charge in [0.15, 0.2) is 5.69 Å². The zero-order valence-corrected chi connectivity index (χ0v) is 18.6. The molecule has 0 saturated carbocycles. The van der Waals surface area contributed by atoms with E-state index in [-0.39, 0.29) is 5.91 Å². The van der Waals surface area contributed by atoms with Crippen LogP contribution in [0.4, 0.5) is 0 Å². The van der Waals surface area contributed by atoms with Gasteiger partial charge in [-0.05, 0) is 44.2 Å². The highest BCUT2D eigenvalue weighted by atomic mass is 16.2. The molecule has 1 amide bonds. The molecule has 0 aromatic carbocycles. The molecule has 0 aliphatic carbocycles. The maximum atomic E-state index is 13.4. The molecule has 0 N–H and O–H groups in total. The maximum Gasteiger partial charge on any atom is 0.274 e. The molecule has 4 aromatic rings. The molecule has 5 heterocycles. The van der Waals surface area contributed by atoms with E-state index in [0.717, 1.165) is 48.8 Å². The van der Waals surface area contributed by atoms with Gasteiger partial charge in [-0.25, -0.2) is 4.98 Å². The van der Waals surface area contributed by atoms with Gasteiger partial charge < -0.3 is 9.47 Å². The smallest absolute Gasteiger partial charge is 0.274 e. The molecule has 7 heteroatoms. The standard InChI is InChI=1S/C25H28N6O/c1-19(2)29-13-15-30(16-14-29)25(32)23-22-8-4-6-11-31(22)24(27-23)20-9-12-28(17-20)18-21-7-3-5-10-26-21/h3-12,17,19H,13-16,18H2,1-2H3. The second-order valence-corrected chi connectivity index (χ2v) is 8.56. The van der Waals surface area contributed by atoms with Gasteiger partial charge in [0.25, 0.3) is 5.91 Å². The lowest BCUT2D eigenvalue weighted by molar-refractivity contribution is 0.0592. The number of rotatable bonds is 5. The first-order chi connectivity index (χ1) is 15.6. The fourth-order valence-electron chi connectivity index (χ4n) is 4.34. The third-order valence-electron chi connectivity index (χ3n) is 6.16. The van der Waals surface area contributed by atoms with Crippen molar-refractivity contribution in [2.45, 2.75) is 26.4 Å². The van der Waals surface area contributed by atoms with Crippen molar-refractivity contribution in [1.82, 2.24) is 28.7 Å². The lowest BCUT2D eigenvalue weighted by Gasteiger charge is -2.36. The molecule has 32 heavy (non-hydrogen) atoms. The van der Waals surface area contributed by atoms with Crippen molar-refractivity contribution in [3.63, 3.8) is 0 Å². The van der Waals surface area contributed by atoms with Crippen LogP contribution < -0.4 is 0 Å². The minimum absolute atomic E-state index is 0.0104. The van der Waals surface area contributed by atoms with Gasteiger partial charge in [0.2, 0.25) is 0 Å². The molecular weight excluding hydrogens is 400 g/mol. The van der Waals surface area contributed by atoms with Gasteiger partial charge in [-0.2, -0.15) is 0 Å². The zero-order chi connectivity index (χ0) is 22.1. The van der Waals surface area contributed by atoms with Crippen molar-refractivity contribution in [2.24, 2.45) is 0 Å². The quantitative estimate of drug-likeness (QED) is 0.489. The third kappa shape index (κ3) is 3.91. The number of carbonyl (C=O) groups is 1. The van der Waals surface area contributed by atoms with E-state index in [1.165, 1.54) is 0 Å². The summed E-state index contributed by atoms with van der Waals surface area (Å²) < 4.78 is 4.10. The largest absolute Gasteiger partial charge is 0.348 e. The molecule has 5 rings (SSSR count). The molecule has 0 unspecified atom stereocenters. The number of imidazole rings is 1. The summed E-state index contributed by atoms with van der Waals surface area (Å²) in [5.41, 5.74) is 3.34. The van der Waals surface area contributed by atoms with Crippen LogP contribution in [0.25, 0.3) is 16.9 Å². The number of fused-ring (bicyclic) bond motifs is 1. The van der Waals surface area contributed by atoms with E-state index in [2.05, 4.69) is 34.5 Å². The fourth-order valence-corrected chi connectivity index (χ4v) is 4.34. The lowest BCUT2D eigenvalue weighted by atomic mass is 10.2. The average Bonchev–Trinajstić information content (AvgIpc) is 3.44. The van der Waals surface area contributed by atoms with E-state index in [4.69, 9.17) is 4.98 Å². The first-order valence-corrected chi connectivity index (χ1v) is 11.2. The summed E-state index contributed by atoms with van der Waals surface area (Å²) in [4.78, 5) is 27.0. The normalized spacial score (nSPS) is 15.0. The third-order valence-corrected chi connectivity index (χ3v) is 6.16. The Bertz CT molecular complexity index is 1220. The zero-order valence-electron chi connectivity index (χ0n) is 18.6. The van der Waals surface area contributed by atoms with Crippen LogP contribution in [0.2, 0.25) is 0 Å². The summed E-state index contributed by atoms with van der Waals surface area (Å²) in [6, 6.07) is 14.4. The second kappa shape index (κ2) is 8.59. The number of piperazine rings is 1. The predicted molar refractivity (Wildman–Crippen MR) is 125 cm³/mol. The molecule has 0 spiro atoms. The van der Waals surface area contributed by atoms with Gasteiger partial charge in [0.1, 0.15) is 5.82 Å². The van der Waals surface area contributed by atoms with Crippen LogP contribution in [0.1, 0.15) is 30.0 Å². The molecular formula is C25H28N6O. The van der Waals surface area contributed by atoms with E-state index in [0.29, 0.717) is 18.3 Å². The first-order valence-electron chi connectivity index (χ1n) is 11.2. The minimum Gasteiger partial charge on any atom is -0.348 e. The number of hydrogen-bond acceptors (Lipinski definition) is 4. The Morgan fingerprint density at radius 3 is 2.56 bits per heavy atom. The van der Waals surface area contributed by atoms with E-state index in [9.17, 15) is 4.79 Å². The highest BCUT2D eigenvalue weighted by Crippen LogP contribution is 2.25. The van der Waals surface area contributed by atoms with Crippen LogP contribution in [0.15, 0.2) is 67.3 Å². The van der Waals surface area contributed by atoms with Gasteiger partial charge in [0, 0.05) is 62.6 Å². The molecule has 1 saturated heterocycles. The van der Waals surface area contributed by atoms with Gasteiger partial charge >= 0.3 is 0 Å². The summed E-state index contributed by atoms with van der Waals surface area (Å²) >= 11 is 0. The Balaban J connectivity index is 1.43. The second-order valence-electron chi connectivity index (χ2n) is 8.56. The van der Waals surface area contributed by atoms with Gasteiger partial charge in [-0.15, -0.1) is 0 Å². The Morgan fingerprint density at radius 1 is 1.00 bits per heavy atom.